The number of hydrogen-bond acceptors (Lipinski definition) is 4. The van der Waals surface area contributed by atoms with Gasteiger partial charge < -0.3 is 20.1 Å². The molecule has 2 unspecified atom stereocenters. The minimum Gasteiger partial charge on any atom is -0.395 e. The lowest BCUT2D eigenvalue weighted by atomic mass is 10.0. The Morgan fingerprint density at radius 2 is 2.07 bits per heavy atom. The van der Waals surface area contributed by atoms with Crippen LogP contribution < -0.4 is 5.32 Å². The van der Waals surface area contributed by atoms with Crippen molar-refractivity contribution in [1.82, 2.24) is 10.2 Å². The van der Waals surface area contributed by atoms with Crippen LogP contribution in [0.25, 0.3) is 0 Å². The zero-order valence-electron chi connectivity index (χ0n) is 9.79. The van der Waals surface area contributed by atoms with E-state index in [0.717, 1.165) is 13.1 Å². The largest absolute Gasteiger partial charge is 0.395 e. The Kier molecular flexibility index (Phi) is 8.08. The fourth-order valence-corrected chi connectivity index (χ4v) is 1.30. The maximum absolute atomic E-state index is 9.16. The fraction of sp³-hybridized carbons (Fsp3) is 1.00. The maximum Gasteiger partial charge on any atom is 0.0588 e. The highest BCUT2D eigenvalue weighted by Crippen LogP contribution is 2.02. The van der Waals surface area contributed by atoms with Gasteiger partial charge in [-0.3, -0.25) is 0 Å². The van der Waals surface area contributed by atoms with Gasteiger partial charge in [0, 0.05) is 26.2 Å². The first-order valence-electron chi connectivity index (χ1n) is 5.09. The first kappa shape index (κ1) is 13.8. The van der Waals surface area contributed by atoms with Gasteiger partial charge in [-0.15, -0.1) is 0 Å². The van der Waals surface area contributed by atoms with Crippen LogP contribution in [0.2, 0.25) is 0 Å². The lowest BCUT2D eigenvalue weighted by Crippen LogP contribution is -2.42. The van der Waals surface area contributed by atoms with Gasteiger partial charge in [-0.2, -0.15) is 0 Å². The van der Waals surface area contributed by atoms with Crippen LogP contribution in [0.5, 0.6) is 0 Å². The van der Waals surface area contributed by atoms with E-state index in [1.54, 1.807) is 7.11 Å². The van der Waals surface area contributed by atoms with Crippen LogP contribution in [0.1, 0.15) is 6.92 Å². The molecule has 0 aromatic heterocycles. The van der Waals surface area contributed by atoms with E-state index >= 15 is 0 Å². The first-order chi connectivity index (χ1) is 6.61. The summed E-state index contributed by atoms with van der Waals surface area (Å²) < 4.78 is 5.05. The van der Waals surface area contributed by atoms with Gasteiger partial charge in [0.05, 0.1) is 13.2 Å². The summed E-state index contributed by atoms with van der Waals surface area (Å²) in [7, 11) is 5.76. The molecule has 0 aromatic rings. The Bertz CT molecular complexity index is 131. The van der Waals surface area contributed by atoms with E-state index < -0.39 is 0 Å². The summed E-state index contributed by atoms with van der Waals surface area (Å²) in [6, 6.07) is 0.134. The van der Waals surface area contributed by atoms with Crippen molar-refractivity contribution in [2.24, 2.45) is 5.92 Å². The molecule has 0 aromatic carbocycles. The summed E-state index contributed by atoms with van der Waals surface area (Å²) in [6.07, 6.45) is 0. The van der Waals surface area contributed by atoms with Crippen LogP contribution >= 0.6 is 0 Å². The minimum atomic E-state index is 0.134. The third-order valence-electron chi connectivity index (χ3n) is 2.28. The summed E-state index contributed by atoms with van der Waals surface area (Å²) in [5, 5.41) is 12.5. The number of hydrogen-bond donors (Lipinski definition) is 2. The van der Waals surface area contributed by atoms with Crippen LogP contribution in [-0.2, 0) is 4.74 Å². The molecule has 0 aliphatic heterocycles. The van der Waals surface area contributed by atoms with Crippen molar-refractivity contribution in [2.75, 3.05) is 47.5 Å². The highest BCUT2D eigenvalue weighted by molar-refractivity contribution is 4.72. The molecule has 4 heteroatoms. The van der Waals surface area contributed by atoms with Crippen LogP contribution in [0, 0.1) is 5.92 Å². The van der Waals surface area contributed by atoms with Gasteiger partial charge in [0.25, 0.3) is 0 Å². The number of rotatable bonds is 8. The molecular formula is C10H24N2O2. The second-order valence-corrected chi connectivity index (χ2v) is 3.98. The van der Waals surface area contributed by atoms with Crippen molar-refractivity contribution in [3.63, 3.8) is 0 Å². The number of aliphatic hydroxyl groups excluding tert-OH is 1. The van der Waals surface area contributed by atoms with Crippen LogP contribution in [0.15, 0.2) is 0 Å². The maximum atomic E-state index is 9.16. The molecule has 0 rings (SSSR count). The number of nitrogens with one attached hydrogen (secondary N) is 1. The summed E-state index contributed by atoms with van der Waals surface area (Å²) in [4.78, 5) is 2.11. The van der Waals surface area contributed by atoms with Gasteiger partial charge in [0.15, 0.2) is 0 Å². The Morgan fingerprint density at radius 1 is 1.43 bits per heavy atom. The standard InChI is InChI=1S/C10H24N2O2/c1-9(8-14-4)10(7-13)11-5-6-12(2)3/h9-11,13H,5-8H2,1-4H3. The second kappa shape index (κ2) is 8.17. The molecule has 0 saturated heterocycles. The summed E-state index contributed by atoms with van der Waals surface area (Å²) in [5.41, 5.74) is 0. The summed E-state index contributed by atoms with van der Waals surface area (Å²) in [5.74, 6) is 0.340. The van der Waals surface area contributed by atoms with E-state index in [2.05, 4.69) is 17.1 Å². The Hall–Kier alpha value is -0.160. The van der Waals surface area contributed by atoms with Crippen LogP contribution in [-0.4, -0.2) is 63.6 Å². The van der Waals surface area contributed by atoms with Crippen molar-refractivity contribution < 1.29 is 9.84 Å². The molecule has 4 nitrogen and oxygen atoms in total. The molecule has 2 N–H and O–H groups in total. The molecule has 0 fully saturated rings. The fourth-order valence-electron chi connectivity index (χ4n) is 1.30. The molecule has 0 amide bonds. The van der Waals surface area contributed by atoms with Crippen LogP contribution in [0.4, 0.5) is 0 Å². The molecule has 0 heterocycles. The quantitative estimate of drug-likeness (QED) is 0.574. The zero-order chi connectivity index (χ0) is 11.0. The molecule has 0 spiro atoms. The van der Waals surface area contributed by atoms with Crippen molar-refractivity contribution in [1.29, 1.82) is 0 Å². The lowest BCUT2D eigenvalue weighted by Gasteiger charge is -2.23. The van der Waals surface area contributed by atoms with Gasteiger partial charge in [0.1, 0.15) is 0 Å². The Morgan fingerprint density at radius 3 is 2.50 bits per heavy atom. The predicted molar refractivity (Wildman–Crippen MR) is 58.5 cm³/mol. The van der Waals surface area contributed by atoms with Gasteiger partial charge in [-0.05, 0) is 20.0 Å². The van der Waals surface area contributed by atoms with Crippen molar-refractivity contribution in [2.45, 2.75) is 13.0 Å². The number of likely N-dealkylation sites (N-methyl/N-ethyl adjacent to an activating group) is 1. The highest BCUT2D eigenvalue weighted by Gasteiger charge is 2.15. The summed E-state index contributed by atoms with van der Waals surface area (Å²) >= 11 is 0. The first-order valence-corrected chi connectivity index (χ1v) is 5.09. The third kappa shape index (κ3) is 6.32. The third-order valence-corrected chi connectivity index (χ3v) is 2.28. The normalized spacial score (nSPS) is 15.9. The molecule has 0 aliphatic carbocycles. The highest BCUT2D eigenvalue weighted by atomic mass is 16.5. The minimum absolute atomic E-state index is 0.134. The molecule has 2 atom stereocenters. The zero-order valence-corrected chi connectivity index (χ0v) is 9.79. The van der Waals surface area contributed by atoms with E-state index in [9.17, 15) is 0 Å². The van der Waals surface area contributed by atoms with E-state index in [4.69, 9.17) is 9.84 Å². The topological polar surface area (TPSA) is 44.7 Å². The van der Waals surface area contributed by atoms with E-state index in [1.807, 2.05) is 14.1 Å². The molecule has 86 valence electrons. The van der Waals surface area contributed by atoms with E-state index in [-0.39, 0.29) is 12.6 Å². The number of methoxy groups -OCH3 is 1. The van der Waals surface area contributed by atoms with Crippen molar-refractivity contribution >= 4 is 0 Å². The van der Waals surface area contributed by atoms with E-state index in [0.29, 0.717) is 12.5 Å². The Balaban J connectivity index is 3.66. The van der Waals surface area contributed by atoms with Gasteiger partial charge in [-0.1, -0.05) is 6.92 Å². The predicted octanol–water partition coefficient (Wildman–Crippen LogP) is -0.219. The molecule has 0 bridgehead atoms. The molecule has 0 aliphatic rings. The Labute approximate surface area is 87.2 Å². The molecular weight excluding hydrogens is 180 g/mol. The number of aliphatic hydroxyl groups is 1. The molecule has 0 radical (unpaired) electrons. The van der Waals surface area contributed by atoms with Gasteiger partial charge in [-0.25, -0.2) is 0 Å². The number of ether oxygens (including phenoxy) is 1. The van der Waals surface area contributed by atoms with Crippen molar-refractivity contribution in [3.05, 3.63) is 0 Å². The second-order valence-electron chi connectivity index (χ2n) is 3.98. The average Bonchev–Trinajstić information content (AvgIpc) is 2.12. The summed E-state index contributed by atoms with van der Waals surface area (Å²) in [6.45, 7) is 4.80. The SMILES string of the molecule is COCC(C)C(CO)NCCN(C)C. The molecule has 14 heavy (non-hydrogen) atoms. The van der Waals surface area contributed by atoms with Gasteiger partial charge >= 0.3 is 0 Å². The average molecular weight is 204 g/mol. The van der Waals surface area contributed by atoms with Crippen molar-refractivity contribution in [3.8, 4) is 0 Å². The number of nitrogens with zero attached hydrogens (tertiary/aromatic N) is 1. The molecule has 0 saturated carbocycles. The smallest absolute Gasteiger partial charge is 0.0588 e. The van der Waals surface area contributed by atoms with Gasteiger partial charge in [0.2, 0.25) is 0 Å². The van der Waals surface area contributed by atoms with E-state index in [1.165, 1.54) is 0 Å². The van der Waals surface area contributed by atoms with Crippen LogP contribution in [0.3, 0.4) is 0 Å². The lowest BCUT2D eigenvalue weighted by molar-refractivity contribution is 0.113. The monoisotopic (exact) mass is 204 g/mol.